The van der Waals surface area contributed by atoms with Crippen LogP contribution in [0.3, 0.4) is 0 Å². The highest BCUT2D eigenvalue weighted by Crippen LogP contribution is 2.13. The summed E-state index contributed by atoms with van der Waals surface area (Å²) < 4.78 is 9.88. The molecular formula is C8H12O4. The van der Waals surface area contributed by atoms with E-state index in [1.807, 2.05) is 0 Å². The fourth-order valence-corrected chi connectivity index (χ4v) is 1.03. The average Bonchev–Trinajstić information content (AvgIpc) is 1.94. The molecule has 4 nitrogen and oxygen atoms in total. The molecule has 1 aliphatic heterocycles. The maximum Gasteiger partial charge on any atom is 0.303 e. The van der Waals surface area contributed by atoms with Gasteiger partial charge in [0.2, 0.25) is 0 Å². The first-order valence-corrected chi connectivity index (χ1v) is 3.78. The van der Waals surface area contributed by atoms with Crippen molar-refractivity contribution in [3.05, 3.63) is 12.2 Å². The van der Waals surface area contributed by atoms with Crippen LogP contribution < -0.4 is 0 Å². The molecule has 0 saturated carbocycles. The lowest BCUT2D eigenvalue weighted by molar-refractivity contribution is -0.167. The molecule has 1 aliphatic rings. The summed E-state index contributed by atoms with van der Waals surface area (Å²) >= 11 is 0. The van der Waals surface area contributed by atoms with Crippen LogP contribution in [0.25, 0.3) is 0 Å². The summed E-state index contributed by atoms with van der Waals surface area (Å²) in [6.45, 7) is 3.08. The normalized spacial score (nSPS) is 34.8. The van der Waals surface area contributed by atoms with Gasteiger partial charge in [-0.25, -0.2) is 0 Å². The predicted molar refractivity (Wildman–Crippen MR) is 41.2 cm³/mol. The zero-order valence-corrected chi connectivity index (χ0v) is 7.06. The fourth-order valence-electron chi connectivity index (χ4n) is 1.03. The molecular weight excluding hydrogens is 160 g/mol. The largest absolute Gasteiger partial charge is 0.456 e. The number of hydrogen-bond acceptors (Lipinski definition) is 4. The zero-order chi connectivity index (χ0) is 9.14. The van der Waals surface area contributed by atoms with E-state index in [1.54, 1.807) is 13.0 Å². The fraction of sp³-hybridized carbons (Fsp3) is 0.625. The van der Waals surface area contributed by atoms with Crippen molar-refractivity contribution in [3.63, 3.8) is 0 Å². The summed E-state index contributed by atoms with van der Waals surface area (Å²) in [7, 11) is 0. The van der Waals surface area contributed by atoms with Gasteiger partial charge in [0, 0.05) is 6.92 Å². The van der Waals surface area contributed by atoms with Gasteiger partial charge in [-0.3, -0.25) is 4.79 Å². The van der Waals surface area contributed by atoms with Crippen molar-refractivity contribution in [1.29, 1.82) is 0 Å². The van der Waals surface area contributed by atoms with Crippen LogP contribution in [0, 0.1) is 0 Å². The molecule has 3 atom stereocenters. The van der Waals surface area contributed by atoms with E-state index in [-0.39, 0.29) is 18.2 Å². The highest BCUT2D eigenvalue weighted by Gasteiger charge is 2.24. The molecule has 0 spiro atoms. The molecule has 0 aromatic rings. The van der Waals surface area contributed by atoms with E-state index in [1.165, 1.54) is 13.0 Å². The van der Waals surface area contributed by atoms with E-state index >= 15 is 0 Å². The number of hydrogen-bond donors (Lipinski definition) is 1. The topological polar surface area (TPSA) is 55.8 Å². The molecule has 0 bridgehead atoms. The van der Waals surface area contributed by atoms with Crippen molar-refractivity contribution in [2.75, 3.05) is 0 Å². The Morgan fingerprint density at radius 2 is 2.25 bits per heavy atom. The van der Waals surface area contributed by atoms with E-state index < -0.39 is 6.29 Å². The minimum absolute atomic E-state index is 0.297. The second-order valence-corrected chi connectivity index (χ2v) is 2.69. The number of ether oxygens (including phenoxy) is 2. The third-order valence-corrected chi connectivity index (χ3v) is 1.58. The molecule has 1 rings (SSSR count). The summed E-state index contributed by atoms with van der Waals surface area (Å²) in [6, 6.07) is 0. The molecule has 0 saturated heterocycles. The second kappa shape index (κ2) is 3.69. The molecule has 0 radical (unpaired) electrons. The SMILES string of the molecule is CC(=O)O[C@@H]1C=C[C@@H](O)O[C@H]1C. The third kappa shape index (κ3) is 2.32. The van der Waals surface area contributed by atoms with Crippen molar-refractivity contribution in [1.82, 2.24) is 0 Å². The number of aliphatic hydroxyl groups excluding tert-OH is 1. The summed E-state index contributed by atoms with van der Waals surface area (Å²) in [5, 5.41) is 8.98. The van der Waals surface area contributed by atoms with Crippen molar-refractivity contribution in [2.45, 2.75) is 32.3 Å². The third-order valence-electron chi connectivity index (χ3n) is 1.58. The van der Waals surface area contributed by atoms with Gasteiger partial charge in [-0.2, -0.15) is 0 Å². The Morgan fingerprint density at radius 1 is 1.58 bits per heavy atom. The summed E-state index contributed by atoms with van der Waals surface area (Å²) in [6.07, 6.45) is 1.51. The van der Waals surface area contributed by atoms with Gasteiger partial charge in [-0.15, -0.1) is 0 Å². The Labute approximate surface area is 70.8 Å². The molecule has 68 valence electrons. The van der Waals surface area contributed by atoms with Gasteiger partial charge in [-0.1, -0.05) is 0 Å². The van der Waals surface area contributed by atoms with Crippen LogP contribution in [-0.4, -0.2) is 29.6 Å². The van der Waals surface area contributed by atoms with E-state index in [9.17, 15) is 4.79 Å². The van der Waals surface area contributed by atoms with Crippen LogP contribution in [-0.2, 0) is 14.3 Å². The van der Waals surface area contributed by atoms with Crippen molar-refractivity contribution in [3.8, 4) is 0 Å². The molecule has 1 N–H and O–H groups in total. The summed E-state index contributed by atoms with van der Waals surface area (Å²) in [4.78, 5) is 10.6. The van der Waals surface area contributed by atoms with Crippen LogP contribution in [0.1, 0.15) is 13.8 Å². The summed E-state index contributed by atoms with van der Waals surface area (Å²) in [5.41, 5.74) is 0. The maximum atomic E-state index is 10.6. The Kier molecular flexibility index (Phi) is 2.83. The molecule has 4 heteroatoms. The van der Waals surface area contributed by atoms with Gasteiger partial charge in [0.15, 0.2) is 6.29 Å². The molecule has 0 amide bonds. The first-order valence-electron chi connectivity index (χ1n) is 3.78. The molecule has 0 unspecified atom stereocenters. The van der Waals surface area contributed by atoms with Crippen LogP contribution >= 0.6 is 0 Å². The average molecular weight is 172 g/mol. The van der Waals surface area contributed by atoms with Crippen LogP contribution in [0.15, 0.2) is 12.2 Å². The number of rotatable bonds is 1. The smallest absolute Gasteiger partial charge is 0.303 e. The van der Waals surface area contributed by atoms with Crippen LogP contribution in [0.2, 0.25) is 0 Å². The molecule has 0 aromatic heterocycles. The minimum Gasteiger partial charge on any atom is -0.456 e. The number of aliphatic hydroxyl groups is 1. The minimum atomic E-state index is -0.883. The Bertz CT molecular complexity index is 199. The lowest BCUT2D eigenvalue weighted by atomic mass is 10.1. The first-order chi connectivity index (χ1) is 5.59. The van der Waals surface area contributed by atoms with E-state index in [0.29, 0.717) is 0 Å². The molecule has 1 heterocycles. The lowest BCUT2D eigenvalue weighted by Crippen LogP contribution is -2.35. The molecule has 0 aromatic carbocycles. The zero-order valence-electron chi connectivity index (χ0n) is 7.06. The van der Waals surface area contributed by atoms with Gasteiger partial charge in [0.25, 0.3) is 0 Å². The van der Waals surface area contributed by atoms with Gasteiger partial charge in [0.05, 0.1) is 6.10 Å². The molecule has 0 fully saturated rings. The number of carbonyl (C=O) groups is 1. The maximum absolute atomic E-state index is 10.6. The van der Waals surface area contributed by atoms with Crippen molar-refractivity contribution >= 4 is 5.97 Å². The van der Waals surface area contributed by atoms with Gasteiger partial charge in [0.1, 0.15) is 6.10 Å². The Balaban J connectivity index is 2.54. The molecule has 0 aliphatic carbocycles. The lowest BCUT2D eigenvalue weighted by Gasteiger charge is -2.26. The summed E-state index contributed by atoms with van der Waals surface area (Å²) in [5.74, 6) is -0.350. The van der Waals surface area contributed by atoms with Gasteiger partial charge < -0.3 is 14.6 Å². The van der Waals surface area contributed by atoms with Gasteiger partial charge >= 0.3 is 5.97 Å². The first kappa shape index (κ1) is 9.22. The van der Waals surface area contributed by atoms with Crippen LogP contribution in [0.5, 0.6) is 0 Å². The Morgan fingerprint density at radius 3 is 2.75 bits per heavy atom. The van der Waals surface area contributed by atoms with Gasteiger partial charge in [-0.05, 0) is 19.1 Å². The highest BCUT2D eigenvalue weighted by atomic mass is 16.6. The Hall–Kier alpha value is -0.870. The monoisotopic (exact) mass is 172 g/mol. The van der Waals surface area contributed by atoms with E-state index in [0.717, 1.165) is 0 Å². The molecule has 12 heavy (non-hydrogen) atoms. The van der Waals surface area contributed by atoms with Crippen LogP contribution in [0.4, 0.5) is 0 Å². The predicted octanol–water partition coefficient (Wildman–Crippen LogP) is 0.211. The van der Waals surface area contributed by atoms with E-state index in [4.69, 9.17) is 14.6 Å². The van der Waals surface area contributed by atoms with E-state index in [2.05, 4.69) is 0 Å². The quantitative estimate of drug-likeness (QED) is 0.454. The standard InChI is InChI=1S/C8H12O4/c1-5-7(12-6(2)9)3-4-8(10)11-5/h3-5,7-8,10H,1-2H3/t5-,7+,8-/m0/s1. The second-order valence-electron chi connectivity index (χ2n) is 2.69. The van der Waals surface area contributed by atoms with Crippen molar-refractivity contribution < 1.29 is 19.4 Å². The highest BCUT2D eigenvalue weighted by molar-refractivity contribution is 5.66. The van der Waals surface area contributed by atoms with Crippen molar-refractivity contribution in [2.24, 2.45) is 0 Å². The number of esters is 1. The number of carbonyl (C=O) groups excluding carboxylic acids is 1.